The van der Waals surface area contributed by atoms with E-state index in [4.69, 9.17) is 16.3 Å². The van der Waals surface area contributed by atoms with Crippen molar-refractivity contribution in [2.45, 2.75) is 25.4 Å². The van der Waals surface area contributed by atoms with Crippen LogP contribution in [0.2, 0.25) is 0 Å². The maximum absolute atomic E-state index is 5.69. The molecule has 0 radical (unpaired) electrons. The lowest BCUT2D eigenvalue weighted by atomic mass is 9.95. The van der Waals surface area contributed by atoms with Crippen LogP contribution in [-0.4, -0.2) is 43.1 Å². The average molecular weight is 192 g/mol. The Hall–Kier alpha value is 0.210. The van der Waals surface area contributed by atoms with E-state index in [0.717, 1.165) is 19.0 Å². The highest BCUT2D eigenvalue weighted by Crippen LogP contribution is 2.23. The van der Waals surface area contributed by atoms with Gasteiger partial charge in [0.05, 0.1) is 5.60 Å². The Balaban J connectivity index is 2.39. The lowest BCUT2D eigenvalue weighted by Gasteiger charge is -2.39. The normalized spacial score (nSPS) is 32.2. The molecular weight excluding hydrogens is 174 g/mol. The van der Waals surface area contributed by atoms with Crippen molar-refractivity contribution < 1.29 is 4.74 Å². The van der Waals surface area contributed by atoms with Crippen molar-refractivity contribution in [2.24, 2.45) is 0 Å². The van der Waals surface area contributed by atoms with Crippen LogP contribution in [-0.2, 0) is 4.74 Å². The largest absolute Gasteiger partial charge is 0.377 e. The molecule has 3 heteroatoms. The molecule has 12 heavy (non-hydrogen) atoms. The number of hydrogen-bond acceptors (Lipinski definition) is 2. The Morgan fingerprint density at radius 1 is 1.58 bits per heavy atom. The summed E-state index contributed by atoms with van der Waals surface area (Å²) < 4.78 is 5.47. The van der Waals surface area contributed by atoms with E-state index in [2.05, 4.69) is 11.8 Å². The average Bonchev–Trinajstić information content (AvgIpc) is 2.05. The van der Waals surface area contributed by atoms with Crippen molar-refractivity contribution in [3.63, 3.8) is 0 Å². The fourth-order valence-electron chi connectivity index (χ4n) is 1.78. The minimum Gasteiger partial charge on any atom is -0.377 e. The smallest absolute Gasteiger partial charge is 0.0777 e. The van der Waals surface area contributed by atoms with Crippen molar-refractivity contribution >= 4 is 11.6 Å². The van der Waals surface area contributed by atoms with Gasteiger partial charge in [0.25, 0.3) is 0 Å². The van der Waals surface area contributed by atoms with E-state index in [0.29, 0.717) is 0 Å². The SMILES string of the molecule is COC1(C)CCCN(CCCl)C1. The summed E-state index contributed by atoms with van der Waals surface area (Å²) in [5.41, 5.74) is 0.0598. The van der Waals surface area contributed by atoms with E-state index in [1.807, 2.05) is 0 Å². The summed E-state index contributed by atoms with van der Waals surface area (Å²) in [6, 6.07) is 0. The second-order valence-electron chi connectivity index (χ2n) is 3.72. The standard InChI is InChI=1S/C9H18ClNO/c1-9(12-2)4-3-6-11(8-9)7-5-10/h3-8H2,1-2H3. The molecule has 0 aromatic rings. The summed E-state index contributed by atoms with van der Waals surface area (Å²) in [6.07, 6.45) is 2.39. The van der Waals surface area contributed by atoms with Crippen LogP contribution in [0.4, 0.5) is 0 Å². The third-order valence-electron chi connectivity index (χ3n) is 2.63. The zero-order valence-electron chi connectivity index (χ0n) is 7.98. The van der Waals surface area contributed by atoms with Crippen LogP contribution in [0, 0.1) is 0 Å². The minimum absolute atomic E-state index is 0.0598. The zero-order valence-corrected chi connectivity index (χ0v) is 8.73. The number of likely N-dealkylation sites (tertiary alicyclic amines) is 1. The van der Waals surface area contributed by atoms with Crippen LogP contribution in [0.5, 0.6) is 0 Å². The van der Waals surface area contributed by atoms with Gasteiger partial charge < -0.3 is 4.74 Å². The number of ether oxygens (including phenoxy) is 1. The number of methoxy groups -OCH3 is 1. The van der Waals surface area contributed by atoms with Gasteiger partial charge in [-0.05, 0) is 26.3 Å². The summed E-state index contributed by atoms with van der Waals surface area (Å²) in [7, 11) is 1.80. The highest BCUT2D eigenvalue weighted by atomic mass is 35.5. The molecule has 1 saturated heterocycles. The number of hydrogen-bond donors (Lipinski definition) is 0. The quantitative estimate of drug-likeness (QED) is 0.630. The first-order chi connectivity index (χ1) is 5.70. The van der Waals surface area contributed by atoms with Gasteiger partial charge in [0.1, 0.15) is 0 Å². The molecular formula is C9H18ClNO. The number of piperidine rings is 1. The molecule has 0 spiro atoms. The van der Waals surface area contributed by atoms with Gasteiger partial charge in [-0.1, -0.05) is 0 Å². The molecule has 1 aliphatic rings. The van der Waals surface area contributed by atoms with Gasteiger partial charge in [-0.2, -0.15) is 0 Å². The molecule has 1 aliphatic heterocycles. The Morgan fingerprint density at radius 2 is 2.33 bits per heavy atom. The number of alkyl halides is 1. The summed E-state index contributed by atoms with van der Waals surface area (Å²) >= 11 is 5.69. The molecule has 0 aliphatic carbocycles. The molecule has 0 N–H and O–H groups in total. The molecule has 0 aromatic carbocycles. The van der Waals surface area contributed by atoms with Gasteiger partial charge in [0.15, 0.2) is 0 Å². The Morgan fingerprint density at radius 3 is 2.92 bits per heavy atom. The Bertz CT molecular complexity index is 140. The van der Waals surface area contributed by atoms with E-state index >= 15 is 0 Å². The van der Waals surface area contributed by atoms with Crippen LogP contribution in [0.1, 0.15) is 19.8 Å². The van der Waals surface area contributed by atoms with Crippen molar-refractivity contribution in [1.29, 1.82) is 0 Å². The van der Waals surface area contributed by atoms with Crippen molar-refractivity contribution in [2.75, 3.05) is 32.6 Å². The van der Waals surface area contributed by atoms with E-state index in [-0.39, 0.29) is 5.60 Å². The molecule has 1 unspecified atom stereocenters. The maximum Gasteiger partial charge on any atom is 0.0777 e. The van der Waals surface area contributed by atoms with Gasteiger partial charge in [0, 0.05) is 26.1 Å². The minimum atomic E-state index is 0.0598. The van der Waals surface area contributed by atoms with Crippen LogP contribution in [0.25, 0.3) is 0 Å². The van der Waals surface area contributed by atoms with Gasteiger partial charge >= 0.3 is 0 Å². The third-order valence-corrected chi connectivity index (χ3v) is 2.80. The molecule has 1 rings (SSSR count). The molecule has 0 saturated carbocycles. The fourth-order valence-corrected chi connectivity index (χ4v) is 2.02. The first-order valence-electron chi connectivity index (χ1n) is 4.54. The summed E-state index contributed by atoms with van der Waals surface area (Å²) in [5, 5.41) is 0. The second-order valence-corrected chi connectivity index (χ2v) is 4.10. The molecule has 0 amide bonds. The highest BCUT2D eigenvalue weighted by molar-refractivity contribution is 6.18. The maximum atomic E-state index is 5.69. The van der Waals surface area contributed by atoms with Crippen molar-refractivity contribution in [1.82, 2.24) is 4.90 Å². The molecule has 0 bridgehead atoms. The van der Waals surface area contributed by atoms with Crippen LogP contribution in [0.3, 0.4) is 0 Å². The molecule has 0 aromatic heterocycles. The Kier molecular flexibility index (Phi) is 3.81. The van der Waals surface area contributed by atoms with E-state index in [1.165, 1.54) is 19.4 Å². The van der Waals surface area contributed by atoms with Crippen LogP contribution in [0.15, 0.2) is 0 Å². The second kappa shape index (κ2) is 4.45. The number of rotatable bonds is 3. The summed E-state index contributed by atoms with van der Waals surface area (Å²) in [5.74, 6) is 0.722. The molecule has 1 fully saturated rings. The molecule has 1 atom stereocenters. The number of nitrogens with zero attached hydrogens (tertiary/aromatic N) is 1. The fraction of sp³-hybridized carbons (Fsp3) is 1.00. The van der Waals surface area contributed by atoms with Crippen molar-refractivity contribution in [3.8, 4) is 0 Å². The van der Waals surface area contributed by atoms with Gasteiger partial charge in [-0.25, -0.2) is 0 Å². The van der Waals surface area contributed by atoms with E-state index < -0.39 is 0 Å². The topological polar surface area (TPSA) is 12.5 Å². The first-order valence-corrected chi connectivity index (χ1v) is 5.07. The molecule has 2 nitrogen and oxygen atoms in total. The zero-order chi connectivity index (χ0) is 9.03. The van der Waals surface area contributed by atoms with E-state index in [1.54, 1.807) is 7.11 Å². The van der Waals surface area contributed by atoms with Gasteiger partial charge in [0.2, 0.25) is 0 Å². The van der Waals surface area contributed by atoms with Crippen molar-refractivity contribution in [3.05, 3.63) is 0 Å². The lowest BCUT2D eigenvalue weighted by Crippen LogP contribution is -2.47. The van der Waals surface area contributed by atoms with E-state index in [9.17, 15) is 0 Å². The van der Waals surface area contributed by atoms with Crippen LogP contribution < -0.4 is 0 Å². The Labute approximate surface area is 79.8 Å². The summed E-state index contributed by atoms with van der Waals surface area (Å²) in [6.45, 7) is 5.36. The molecule has 1 heterocycles. The predicted octanol–water partition coefficient (Wildman–Crippen LogP) is 1.73. The first kappa shape index (κ1) is 10.3. The summed E-state index contributed by atoms with van der Waals surface area (Å²) in [4.78, 5) is 2.38. The number of halogens is 1. The highest BCUT2D eigenvalue weighted by Gasteiger charge is 2.29. The van der Waals surface area contributed by atoms with Crippen LogP contribution >= 0.6 is 11.6 Å². The monoisotopic (exact) mass is 191 g/mol. The molecule has 72 valence electrons. The van der Waals surface area contributed by atoms with Gasteiger partial charge in [-0.15, -0.1) is 11.6 Å². The third kappa shape index (κ3) is 2.61. The predicted molar refractivity (Wildman–Crippen MR) is 51.8 cm³/mol. The van der Waals surface area contributed by atoms with Gasteiger partial charge in [-0.3, -0.25) is 4.90 Å². The lowest BCUT2D eigenvalue weighted by molar-refractivity contribution is -0.0491.